The summed E-state index contributed by atoms with van der Waals surface area (Å²) in [5.41, 5.74) is -0.538. The molecule has 1 saturated heterocycles. The maximum Gasteiger partial charge on any atom is 0.324 e. The first kappa shape index (κ1) is 16.0. The zero-order valence-corrected chi connectivity index (χ0v) is 12.4. The molecule has 1 heterocycles. The highest BCUT2D eigenvalue weighted by molar-refractivity contribution is 5.83. The van der Waals surface area contributed by atoms with E-state index in [1.54, 1.807) is 6.92 Å². The Balaban J connectivity index is 2.68. The summed E-state index contributed by atoms with van der Waals surface area (Å²) in [7, 11) is 0. The summed E-state index contributed by atoms with van der Waals surface area (Å²) in [6, 6.07) is -0.513. The molecule has 0 saturated carbocycles. The van der Waals surface area contributed by atoms with E-state index in [1.807, 2.05) is 25.7 Å². The lowest BCUT2D eigenvalue weighted by molar-refractivity contribution is -0.165. The van der Waals surface area contributed by atoms with Crippen molar-refractivity contribution in [2.75, 3.05) is 19.7 Å². The third-order valence-electron chi connectivity index (χ3n) is 2.93. The molecular weight excluding hydrogens is 246 g/mol. The van der Waals surface area contributed by atoms with E-state index in [-0.39, 0.29) is 18.4 Å². The minimum absolute atomic E-state index is 0.0722. The molecule has 0 spiro atoms. The third kappa shape index (κ3) is 5.59. The molecule has 1 fully saturated rings. The highest BCUT2D eigenvalue weighted by atomic mass is 16.6. The van der Waals surface area contributed by atoms with E-state index in [4.69, 9.17) is 9.47 Å². The van der Waals surface area contributed by atoms with E-state index >= 15 is 0 Å². The van der Waals surface area contributed by atoms with Gasteiger partial charge in [0, 0.05) is 0 Å². The first-order chi connectivity index (χ1) is 8.83. The van der Waals surface area contributed by atoms with Crippen LogP contribution in [-0.4, -0.2) is 48.2 Å². The molecule has 110 valence electrons. The van der Waals surface area contributed by atoms with Crippen LogP contribution in [0, 0.1) is 0 Å². The third-order valence-corrected chi connectivity index (χ3v) is 2.93. The van der Waals surface area contributed by atoms with Gasteiger partial charge in [0.1, 0.15) is 11.6 Å². The van der Waals surface area contributed by atoms with Crippen molar-refractivity contribution in [3.63, 3.8) is 0 Å². The van der Waals surface area contributed by atoms with Crippen LogP contribution in [0.5, 0.6) is 0 Å². The Morgan fingerprint density at radius 2 is 1.79 bits per heavy atom. The average molecular weight is 271 g/mol. The predicted molar refractivity (Wildman–Crippen MR) is 71.7 cm³/mol. The predicted octanol–water partition coefficient (Wildman–Crippen LogP) is 1.75. The van der Waals surface area contributed by atoms with Crippen LogP contribution in [0.25, 0.3) is 0 Å². The first-order valence-electron chi connectivity index (χ1n) is 6.96. The summed E-state index contributed by atoms with van der Waals surface area (Å²) in [6.07, 6.45) is 2.19. The SMILES string of the molecule is CCOC(=O)CC(C(=O)OC(C)(C)C)N1CCCC1. The molecule has 0 radical (unpaired) electrons. The van der Waals surface area contributed by atoms with Crippen molar-refractivity contribution in [3.8, 4) is 0 Å². The Hall–Kier alpha value is -1.10. The molecule has 5 nitrogen and oxygen atoms in total. The number of hydrogen-bond acceptors (Lipinski definition) is 5. The van der Waals surface area contributed by atoms with Crippen LogP contribution in [0.2, 0.25) is 0 Å². The standard InChI is InChI=1S/C14H25NO4/c1-5-18-12(16)10-11(15-8-6-7-9-15)13(17)19-14(2,3)4/h11H,5-10H2,1-4H3. The second kappa shape index (κ2) is 6.89. The average Bonchev–Trinajstić information content (AvgIpc) is 2.76. The largest absolute Gasteiger partial charge is 0.466 e. The van der Waals surface area contributed by atoms with Crippen LogP contribution in [0.1, 0.15) is 47.0 Å². The molecule has 1 atom stereocenters. The van der Waals surface area contributed by atoms with Crippen LogP contribution in [0.4, 0.5) is 0 Å². The normalized spacial score (nSPS) is 18.1. The van der Waals surface area contributed by atoms with Gasteiger partial charge in [-0.05, 0) is 53.6 Å². The zero-order chi connectivity index (χ0) is 14.5. The van der Waals surface area contributed by atoms with Gasteiger partial charge in [-0.3, -0.25) is 14.5 Å². The smallest absolute Gasteiger partial charge is 0.324 e. The highest BCUT2D eigenvalue weighted by Gasteiger charge is 2.34. The van der Waals surface area contributed by atoms with Gasteiger partial charge in [0.15, 0.2) is 0 Å². The monoisotopic (exact) mass is 271 g/mol. The van der Waals surface area contributed by atoms with Crippen LogP contribution < -0.4 is 0 Å². The maximum atomic E-state index is 12.2. The lowest BCUT2D eigenvalue weighted by Gasteiger charge is -2.28. The molecule has 0 amide bonds. The van der Waals surface area contributed by atoms with Crippen LogP contribution in [0.15, 0.2) is 0 Å². The number of esters is 2. The summed E-state index contributed by atoms with van der Waals surface area (Å²) in [5, 5.41) is 0. The van der Waals surface area contributed by atoms with Gasteiger partial charge in [-0.1, -0.05) is 0 Å². The topological polar surface area (TPSA) is 55.8 Å². The van der Waals surface area contributed by atoms with Gasteiger partial charge in [-0.15, -0.1) is 0 Å². The number of likely N-dealkylation sites (tertiary alicyclic amines) is 1. The summed E-state index contributed by atoms with van der Waals surface area (Å²) in [4.78, 5) is 25.9. The molecule has 19 heavy (non-hydrogen) atoms. The molecular formula is C14H25NO4. The van der Waals surface area contributed by atoms with Crippen LogP contribution >= 0.6 is 0 Å². The van der Waals surface area contributed by atoms with Crippen LogP contribution in [0.3, 0.4) is 0 Å². The molecule has 0 aromatic rings. The Kier molecular flexibility index (Phi) is 5.79. The lowest BCUT2D eigenvalue weighted by Crippen LogP contribution is -2.44. The van der Waals surface area contributed by atoms with Crippen molar-refractivity contribution in [1.82, 2.24) is 4.90 Å². The number of carbonyl (C=O) groups is 2. The molecule has 1 rings (SSSR count). The van der Waals surface area contributed by atoms with Gasteiger partial charge in [0.25, 0.3) is 0 Å². The fourth-order valence-corrected chi connectivity index (χ4v) is 2.16. The maximum absolute atomic E-state index is 12.2. The van der Waals surface area contributed by atoms with Gasteiger partial charge in [0.05, 0.1) is 13.0 Å². The fourth-order valence-electron chi connectivity index (χ4n) is 2.16. The summed E-state index contributed by atoms with van der Waals surface area (Å²) in [6.45, 7) is 9.26. The lowest BCUT2D eigenvalue weighted by atomic mass is 10.1. The van der Waals surface area contributed by atoms with Gasteiger partial charge < -0.3 is 9.47 Å². The molecule has 0 aliphatic carbocycles. The van der Waals surface area contributed by atoms with E-state index in [9.17, 15) is 9.59 Å². The van der Waals surface area contributed by atoms with Gasteiger partial charge in [-0.25, -0.2) is 0 Å². The van der Waals surface area contributed by atoms with E-state index in [0.717, 1.165) is 25.9 Å². The molecule has 0 aromatic carbocycles. The number of nitrogens with zero attached hydrogens (tertiary/aromatic N) is 1. The van der Waals surface area contributed by atoms with Crippen molar-refractivity contribution in [2.45, 2.75) is 58.6 Å². The highest BCUT2D eigenvalue weighted by Crippen LogP contribution is 2.18. The number of hydrogen-bond donors (Lipinski definition) is 0. The summed E-state index contributed by atoms with van der Waals surface area (Å²) < 4.78 is 10.3. The summed E-state index contributed by atoms with van der Waals surface area (Å²) >= 11 is 0. The van der Waals surface area contributed by atoms with Gasteiger partial charge in [0.2, 0.25) is 0 Å². The van der Waals surface area contributed by atoms with Crippen molar-refractivity contribution < 1.29 is 19.1 Å². The van der Waals surface area contributed by atoms with Gasteiger partial charge >= 0.3 is 11.9 Å². The van der Waals surface area contributed by atoms with Crippen LogP contribution in [-0.2, 0) is 19.1 Å². The van der Waals surface area contributed by atoms with Crippen molar-refractivity contribution >= 4 is 11.9 Å². The molecule has 0 bridgehead atoms. The second-order valence-electron chi connectivity index (χ2n) is 5.80. The number of rotatable bonds is 5. The quantitative estimate of drug-likeness (QED) is 0.713. The first-order valence-corrected chi connectivity index (χ1v) is 6.96. The van der Waals surface area contributed by atoms with Crippen molar-refractivity contribution in [2.24, 2.45) is 0 Å². The molecule has 0 N–H and O–H groups in total. The number of ether oxygens (including phenoxy) is 2. The fraction of sp³-hybridized carbons (Fsp3) is 0.857. The Morgan fingerprint density at radius 1 is 1.21 bits per heavy atom. The molecule has 5 heteroatoms. The van der Waals surface area contributed by atoms with E-state index in [2.05, 4.69) is 0 Å². The molecule has 1 aliphatic heterocycles. The number of carbonyl (C=O) groups excluding carboxylic acids is 2. The Labute approximate surface area is 115 Å². The zero-order valence-electron chi connectivity index (χ0n) is 12.4. The van der Waals surface area contributed by atoms with E-state index in [1.165, 1.54) is 0 Å². The van der Waals surface area contributed by atoms with Crippen molar-refractivity contribution in [1.29, 1.82) is 0 Å². The minimum atomic E-state index is -0.538. The van der Waals surface area contributed by atoms with Gasteiger partial charge in [-0.2, -0.15) is 0 Å². The second-order valence-corrected chi connectivity index (χ2v) is 5.80. The minimum Gasteiger partial charge on any atom is -0.466 e. The van der Waals surface area contributed by atoms with E-state index < -0.39 is 11.6 Å². The molecule has 0 aromatic heterocycles. The summed E-state index contributed by atoms with van der Waals surface area (Å²) in [5.74, 6) is -0.673. The molecule has 1 aliphatic rings. The Bertz CT molecular complexity index is 316. The molecule has 1 unspecified atom stereocenters. The Morgan fingerprint density at radius 3 is 2.26 bits per heavy atom. The van der Waals surface area contributed by atoms with Crippen molar-refractivity contribution in [3.05, 3.63) is 0 Å². The van der Waals surface area contributed by atoms with E-state index in [0.29, 0.717) is 6.61 Å².